The molecule has 0 radical (unpaired) electrons. The summed E-state index contributed by atoms with van der Waals surface area (Å²) in [7, 11) is 2.03. The second-order valence-electron chi connectivity index (χ2n) is 4.88. The highest BCUT2D eigenvalue weighted by Gasteiger charge is 2.26. The predicted octanol–water partition coefficient (Wildman–Crippen LogP) is 3.12. The Balaban J connectivity index is 1.99. The molecule has 1 aromatic rings. The first kappa shape index (κ1) is 14.4. The molecule has 1 aliphatic carbocycles. The van der Waals surface area contributed by atoms with Crippen molar-refractivity contribution in [3.8, 4) is 0 Å². The summed E-state index contributed by atoms with van der Waals surface area (Å²) in [5, 5.41) is 9.02. The smallest absolute Gasteiger partial charge is 0.0767 e. The lowest BCUT2D eigenvalue weighted by Gasteiger charge is -2.19. The van der Waals surface area contributed by atoms with Gasteiger partial charge in [-0.15, -0.1) is 0 Å². The third kappa shape index (κ3) is 2.94. The predicted molar refractivity (Wildman–Crippen MR) is 82.1 cm³/mol. The van der Waals surface area contributed by atoms with E-state index in [1.54, 1.807) is 0 Å². The van der Waals surface area contributed by atoms with E-state index in [0.717, 1.165) is 23.9 Å². The number of rotatable bonds is 5. The highest BCUT2D eigenvalue weighted by Crippen LogP contribution is 2.29. The molecule has 0 amide bonds. The number of nitrogens with one attached hydrogen (secondary N) is 1. The minimum atomic E-state index is 0.659. The molecule has 1 N–H and O–H groups in total. The number of nitrogens with zero attached hydrogens (tertiary/aromatic N) is 2. The van der Waals surface area contributed by atoms with Gasteiger partial charge < -0.3 is 5.32 Å². The first-order valence-electron chi connectivity index (χ1n) is 6.63. The zero-order valence-electron chi connectivity index (χ0n) is 11.4. The zero-order chi connectivity index (χ0) is 13.1. The number of aryl methyl sites for hydroxylation is 2. The van der Waals surface area contributed by atoms with Crippen LogP contribution in [0, 0.1) is 0 Å². The van der Waals surface area contributed by atoms with Crippen molar-refractivity contribution in [2.24, 2.45) is 7.05 Å². The minimum absolute atomic E-state index is 0.659. The Labute approximate surface area is 122 Å². The van der Waals surface area contributed by atoms with E-state index < -0.39 is 0 Å². The molecule has 0 spiro atoms. The van der Waals surface area contributed by atoms with Crippen LogP contribution in [0.4, 0.5) is 0 Å². The highest BCUT2D eigenvalue weighted by atomic mass is 79.9. The fraction of sp³-hybridized carbons (Fsp3) is 0.769. The lowest BCUT2D eigenvalue weighted by molar-refractivity contribution is 0.513. The van der Waals surface area contributed by atoms with Crippen LogP contribution in [0.1, 0.15) is 37.6 Å². The van der Waals surface area contributed by atoms with Crippen LogP contribution in [-0.2, 0) is 20.0 Å². The molecule has 0 bridgehead atoms. The maximum absolute atomic E-state index is 4.54. The average molecular weight is 332 g/mol. The van der Waals surface area contributed by atoms with E-state index in [9.17, 15) is 0 Å². The van der Waals surface area contributed by atoms with Crippen molar-refractivity contribution in [2.45, 2.75) is 50.4 Å². The molecule has 1 saturated carbocycles. The fourth-order valence-electron chi connectivity index (χ4n) is 2.68. The number of hydrogen-bond donors (Lipinski definition) is 1. The van der Waals surface area contributed by atoms with Gasteiger partial charge in [0, 0.05) is 24.9 Å². The molecule has 2 unspecified atom stereocenters. The molecule has 1 heterocycles. The van der Waals surface area contributed by atoms with Gasteiger partial charge in [-0.25, -0.2) is 0 Å². The van der Waals surface area contributed by atoms with Gasteiger partial charge in [0.2, 0.25) is 0 Å². The monoisotopic (exact) mass is 331 g/mol. The molecule has 2 atom stereocenters. The van der Waals surface area contributed by atoms with Crippen LogP contribution in [0.2, 0.25) is 0 Å². The Kier molecular flexibility index (Phi) is 5.15. The Morgan fingerprint density at radius 3 is 2.89 bits per heavy atom. The normalized spacial score (nSPS) is 23.8. The van der Waals surface area contributed by atoms with Crippen LogP contribution >= 0.6 is 27.7 Å². The molecule has 2 rings (SSSR count). The van der Waals surface area contributed by atoms with E-state index in [-0.39, 0.29) is 0 Å². The van der Waals surface area contributed by atoms with Crippen molar-refractivity contribution in [3.63, 3.8) is 0 Å². The van der Waals surface area contributed by atoms with Gasteiger partial charge in [0.25, 0.3) is 0 Å². The standard InChI is InChI=1S/C13H22BrN3S/c1-4-9-13(14)11(17(2)16-9)8-15-10-6-5-7-12(10)18-3/h10,12,15H,4-8H2,1-3H3. The van der Waals surface area contributed by atoms with E-state index in [1.807, 2.05) is 23.5 Å². The largest absolute Gasteiger partial charge is 0.307 e. The Bertz CT molecular complexity index is 405. The molecular weight excluding hydrogens is 310 g/mol. The second-order valence-corrected chi connectivity index (χ2v) is 6.75. The van der Waals surface area contributed by atoms with E-state index in [0.29, 0.717) is 6.04 Å². The van der Waals surface area contributed by atoms with Crippen LogP contribution in [0.5, 0.6) is 0 Å². The quantitative estimate of drug-likeness (QED) is 0.898. The number of halogens is 1. The summed E-state index contributed by atoms with van der Waals surface area (Å²) < 4.78 is 3.18. The fourth-order valence-corrected chi connectivity index (χ4v) is 4.40. The van der Waals surface area contributed by atoms with Crippen LogP contribution in [-0.4, -0.2) is 27.3 Å². The molecule has 1 fully saturated rings. The van der Waals surface area contributed by atoms with Crippen molar-refractivity contribution >= 4 is 27.7 Å². The van der Waals surface area contributed by atoms with Gasteiger partial charge >= 0.3 is 0 Å². The van der Waals surface area contributed by atoms with Gasteiger partial charge in [-0.3, -0.25) is 4.68 Å². The molecule has 0 saturated heterocycles. The summed E-state index contributed by atoms with van der Waals surface area (Å²) >= 11 is 5.67. The van der Waals surface area contributed by atoms with Gasteiger partial charge in [-0.05, 0) is 41.4 Å². The molecule has 0 aromatic carbocycles. The van der Waals surface area contributed by atoms with Gasteiger partial charge in [0.05, 0.1) is 15.9 Å². The maximum Gasteiger partial charge on any atom is 0.0767 e. The van der Waals surface area contributed by atoms with Crippen LogP contribution in [0.25, 0.3) is 0 Å². The molecule has 102 valence electrons. The first-order valence-corrected chi connectivity index (χ1v) is 8.71. The SMILES string of the molecule is CCc1nn(C)c(CNC2CCCC2SC)c1Br. The molecular formula is C13H22BrN3S. The lowest BCUT2D eigenvalue weighted by atomic mass is 10.2. The minimum Gasteiger partial charge on any atom is -0.307 e. The lowest BCUT2D eigenvalue weighted by Crippen LogP contribution is -2.34. The number of hydrogen-bond acceptors (Lipinski definition) is 3. The summed E-state index contributed by atoms with van der Waals surface area (Å²) in [6.07, 6.45) is 7.22. The second kappa shape index (κ2) is 6.44. The van der Waals surface area contributed by atoms with Crippen LogP contribution in [0.15, 0.2) is 4.47 Å². The van der Waals surface area contributed by atoms with Gasteiger partial charge in [0.1, 0.15) is 0 Å². The van der Waals surface area contributed by atoms with Gasteiger partial charge in [0.15, 0.2) is 0 Å². The van der Waals surface area contributed by atoms with Gasteiger partial charge in [-0.1, -0.05) is 13.3 Å². The molecule has 18 heavy (non-hydrogen) atoms. The summed E-state index contributed by atoms with van der Waals surface area (Å²) in [6, 6.07) is 0.659. The molecule has 3 nitrogen and oxygen atoms in total. The zero-order valence-corrected chi connectivity index (χ0v) is 13.8. The van der Waals surface area contributed by atoms with E-state index in [4.69, 9.17) is 0 Å². The van der Waals surface area contributed by atoms with E-state index in [2.05, 4.69) is 39.5 Å². The molecule has 1 aliphatic rings. The summed E-state index contributed by atoms with van der Waals surface area (Å²) in [5.41, 5.74) is 2.42. The molecule has 1 aromatic heterocycles. The van der Waals surface area contributed by atoms with Crippen LogP contribution in [0.3, 0.4) is 0 Å². The summed E-state index contributed by atoms with van der Waals surface area (Å²) in [6.45, 7) is 3.05. The van der Waals surface area contributed by atoms with Crippen molar-refractivity contribution in [1.29, 1.82) is 0 Å². The Morgan fingerprint density at radius 2 is 2.28 bits per heavy atom. The summed E-state index contributed by atoms with van der Waals surface area (Å²) in [5.74, 6) is 0. The Morgan fingerprint density at radius 1 is 1.50 bits per heavy atom. The van der Waals surface area contributed by atoms with Crippen molar-refractivity contribution in [3.05, 3.63) is 15.9 Å². The van der Waals surface area contributed by atoms with Gasteiger partial charge in [-0.2, -0.15) is 16.9 Å². The van der Waals surface area contributed by atoms with E-state index >= 15 is 0 Å². The first-order chi connectivity index (χ1) is 8.67. The highest BCUT2D eigenvalue weighted by molar-refractivity contribution is 9.10. The van der Waals surface area contributed by atoms with Crippen molar-refractivity contribution < 1.29 is 0 Å². The number of thioether (sulfide) groups is 1. The third-order valence-corrected chi connectivity index (χ3v) is 5.88. The van der Waals surface area contributed by atoms with Crippen LogP contribution < -0.4 is 5.32 Å². The number of aromatic nitrogens is 2. The van der Waals surface area contributed by atoms with E-state index in [1.165, 1.54) is 29.4 Å². The van der Waals surface area contributed by atoms with Crippen molar-refractivity contribution in [2.75, 3.05) is 6.26 Å². The topological polar surface area (TPSA) is 29.9 Å². The maximum atomic E-state index is 4.54. The third-order valence-electron chi connectivity index (χ3n) is 3.79. The molecule has 5 heteroatoms. The summed E-state index contributed by atoms with van der Waals surface area (Å²) in [4.78, 5) is 0. The Hall–Kier alpha value is -0.000000000000000111. The molecule has 0 aliphatic heterocycles. The average Bonchev–Trinajstić information content (AvgIpc) is 2.92. The van der Waals surface area contributed by atoms with Crippen molar-refractivity contribution in [1.82, 2.24) is 15.1 Å².